The first-order valence-corrected chi connectivity index (χ1v) is 49.0. The van der Waals surface area contributed by atoms with E-state index in [0.29, 0.717) is 12.8 Å². The van der Waals surface area contributed by atoms with E-state index >= 15 is 0 Å². The highest BCUT2D eigenvalue weighted by Crippen LogP contribution is 2.49. The van der Waals surface area contributed by atoms with Gasteiger partial charge in [0.1, 0.15) is 18.1 Å². The van der Waals surface area contributed by atoms with Gasteiger partial charge in [0.05, 0.1) is 80.7 Å². The van der Waals surface area contributed by atoms with Gasteiger partial charge in [-0.15, -0.1) is 0 Å². The lowest BCUT2D eigenvalue weighted by atomic mass is 9.82. The number of aliphatic hydroxyl groups excluding tert-OH is 2. The summed E-state index contributed by atoms with van der Waals surface area (Å²) in [4.78, 5) is 45.4. The zero-order valence-corrected chi connectivity index (χ0v) is 72.4. The van der Waals surface area contributed by atoms with Crippen LogP contribution in [0, 0.1) is 17.8 Å². The second-order valence-corrected chi connectivity index (χ2v) is 54.6. The number of cyclic esters (lactones) is 1. The summed E-state index contributed by atoms with van der Waals surface area (Å²) < 4.78 is 87.6. The lowest BCUT2D eigenvalue weighted by Gasteiger charge is -2.52. The molecule has 0 spiro atoms. The zero-order chi connectivity index (χ0) is 78.3. The Hall–Kier alpha value is -3.71. The van der Waals surface area contributed by atoms with Gasteiger partial charge in [0.25, 0.3) is 0 Å². The smallest absolute Gasteiger partial charge is 0.313 e. The van der Waals surface area contributed by atoms with Crippen LogP contribution in [0.3, 0.4) is 0 Å². The first kappa shape index (κ1) is 91.7. The number of ether oxygens (including phenoxy) is 9. The van der Waals surface area contributed by atoms with Crippen LogP contribution in [0.2, 0.25) is 72.5 Å². The molecule has 4 bridgehead atoms. The summed E-state index contributed by atoms with van der Waals surface area (Å²) in [6.07, 6.45) is 15.3. The summed E-state index contributed by atoms with van der Waals surface area (Å²) in [5.74, 6) is -5.58. The molecule has 0 radical (unpaired) electrons. The number of fused-ring (bicyclic) bond motifs is 4. The van der Waals surface area contributed by atoms with Crippen LogP contribution in [0.25, 0.3) is 10.4 Å². The van der Waals surface area contributed by atoms with E-state index in [2.05, 4.69) is 165 Å². The molecule has 4 rings (SSSR count). The number of hydrogen-bond donors (Lipinski definition) is 2. The SMILES string of the molecule is COC(=O)[C@H]1[C@@H]2C[C@@H](O[C@@H]3O[C@H](C)[C@@H](O[Si](C)(C)C(C)(C)C)[C@H](N=[N+]=[N-])[C@H]3OC(C)=O)/C=C/C=C/C=C/C=C/C=C/C=C/C=C/[C@H](C)[C@@H](O[Si](C)(C)C(C)(C)C)[C@@H](C)[C@H](C)OC(=O)C[C@H]3C[C@@H](CC[C@@H](O)[C@H](O)C[C@H](O[Si](C)(C)C(C)(C)C)C[C@](OC)(C[C@@H]1O[Si](C)(C)C(C)(C)C)O2)OC(C)(C)O3. The molecule has 4 heterocycles. The van der Waals surface area contributed by atoms with Gasteiger partial charge in [-0.2, -0.15) is 0 Å². The van der Waals surface area contributed by atoms with Crippen molar-refractivity contribution in [3.8, 4) is 0 Å². The molecule has 3 fully saturated rings. The van der Waals surface area contributed by atoms with Crippen LogP contribution in [0.4, 0.5) is 0 Å². The van der Waals surface area contributed by atoms with Crippen LogP contribution in [0.1, 0.15) is 183 Å². The second-order valence-electron chi connectivity index (χ2n) is 35.6. The van der Waals surface area contributed by atoms with Gasteiger partial charge in [-0.1, -0.05) is 187 Å². The average Bonchev–Trinajstić information content (AvgIpc) is 0.753. The third kappa shape index (κ3) is 27.1. The highest BCUT2D eigenvalue weighted by atomic mass is 28.4. The van der Waals surface area contributed by atoms with E-state index < -0.39 is 154 Å². The van der Waals surface area contributed by atoms with Gasteiger partial charge in [-0.25, -0.2) is 0 Å². The minimum Gasteiger partial charge on any atom is -0.469 e. The number of esters is 3. The molecule has 0 unspecified atom stereocenters. The first-order valence-electron chi connectivity index (χ1n) is 37.4. The maximum Gasteiger partial charge on any atom is 0.313 e. The fourth-order valence-electron chi connectivity index (χ4n) is 12.4. The first-order chi connectivity index (χ1) is 47.3. The quantitative estimate of drug-likeness (QED) is 0.0409. The molecule has 4 aliphatic heterocycles. The van der Waals surface area contributed by atoms with E-state index in [1.54, 1.807) is 19.3 Å². The van der Waals surface area contributed by atoms with Crippen LogP contribution in [0.15, 0.2) is 90.2 Å². The number of carbonyl (C=O) groups is 3. The standard InChI is InChI=1S/C78H137N3O18Si4/c1-52-42-40-38-36-34-32-30-31-33-35-37-39-41-43-57(92-72-70(91-56(5)82)67(80-81-79)69(55(4)90-72)99-103(28,29)76(15,16)17)48-63-66(71(86)87-20)64(97-101(24,25)74(9,10)11)51-78(88-21,95-63)50-60(96-100(22,23)73(6,7)8)47-62(84)61(83)45-44-58-46-59(94-77(18,19)93-58)49-65(85)89-54(3)53(2)68(52)98-102(26,27)75(12,13)14/h30-43,52-55,57-64,66-70,72,83-84H,44-51H2,1-29H3/b31-30+,34-32+,35-33+,38-36+,39-37+,42-40+,43-41+/t52-,53-,54-,55+,57-,58+,59+,60-,61+,62+,63-,64-,66-,67-,68+,69+,70+,72-,78+/m0/s1. The van der Waals surface area contributed by atoms with Gasteiger partial charge in [-0.3, -0.25) is 14.4 Å². The van der Waals surface area contributed by atoms with Crippen molar-refractivity contribution in [2.24, 2.45) is 22.9 Å². The van der Waals surface area contributed by atoms with E-state index in [-0.39, 0.29) is 76.6 Å². The normalized spacial score (nSPS) is 35.3. The van der Waals surface area contributed by atoms with Gasteiger partial charge in [-0.05, 0) is 125 Å². The molecule has 0 amide bonds. The Labute approximate surface area is 624 Å². The lowest BCUT2D eigenvalue weighted by molar-refractivity contribution is -0.315. The van der Waals surface area contributed by atoms with Gasteiger partial charge in [0.2, 0.25) is 0 Å². The van der Waals surface area contributed by atoms with Crippen molar-refractivity contribution < 1.29 is 84.9 Å². The largest absolute Gasteiger partial charge is 0.469 e. The summed E-state index contributed by atoms with van der Waals surface area (Å²) >= 11 is 0. The highest BCUT2D eigenvalue weighted by molar-refractivity contribution is 6.75. The summed E-state index contributed by atoms with van der Waals surface area (Å²) in [5.41, 5.74) is 10.2. The monoisotopic (exact) mass is 1520 g/mol. The maximum absolute atomic E-state index is 14.8. The van der Waals surface area contributed by atoms with Gasteiger partial charge in [0, 0.05) is 57.0 Å². The summed E-state index contributed by atoms with van der Waals surface area (Å²) in [7, 11) is -7.51. The Morgan fingerprint density at radius 2 is 1.09 bits per heavy atom. The van der Waals surface area contributed by atoms with Crippen molar-refractivity contribution >= 4 is 51.2 Å². The predicted octanol–water partition coefficient (Wildman–Crippen LogP) is 17.3. The summed E-state index contributed by atoms with van der Waals surface area (Å²) in [6.45, 7) is 55.7. The van der Waals surface area contributed by atoms with Crippen molar-refractivity contribution in [2.45, 2.75) is 359 Å². The van der Waals surface area contributed by atoms with E-state index in [1.165, 1.54) is 14.0 Å². The van der Waals surface area contributed by atoms with Crippen LogP contribution in [-0.2, 0) is 74.7 Å². The van der Waals surface area contributed by atoms with E-state index in [4.69, 9.17) is 60.3 Å². The summed E-state index contributed by atoms with van der Waals surface area (Å²) in [5, 5.41) is 27.8. The number of azide groups is 1. The Balaban J connectivity index is 1.97. The fraction of sp³-hybridized carbons (Fsp3) is 0.782. The number of aliphatic hydroxyl groups is 2. The molecule has 0 aromatic heterocycles. The number of nitrogens with zero attached hydrogens (tertiary/aromatic N) is 3. The lowest BCUT2D eigenvalue weighted by Crippen LogP contribution is -2.62. The molecule has 0 aliphatic carbocycles. The molecule has 19 atom stereocenters. The molecule has 103 heavy (non-hydrogen) atoms. The third-order valence-corrected chi connectivity index (χ3v) is 40.7. The fourth-order valence-corrected chi connectivity index (χ4v) is 17.9. The van der Waals surface area contributed by atoms with Crippen molar-refractivity contribution in [2.75, 3.05) is 14.2 Å². The van der Waals surface area contributed by atoms with Crippen LogP contribution in [0.5, 0.6) is 0 Å². The van der Waals surface area contributed by atoms with E-state index in [0.717, 1.165) is 0 Å². The number of methoxy groups -OCH3 is 2. The van der Waals surface area contributed by atoms with E-state index in [1.807, 2.05) is 94.5 Å². The number of hydrogen-bond acceptors (Lipinski definition) is 19. The Morgan fingerprint density at radius 1 is 0.602 bits per heavy atom. The molecule has 3 saturated heterocycles. The van der Waals surface area contributed by atoms with Crippen LogP contribution >= 0.6 is 0 Å². The maximum atomic E-state index is 14.8. The molecular weight excluding hydrogens is 1380 g/mol. The van der Waals surface area contributed by atoms with E-state index in [9.17, 15) is 30.1 Å². The van der Waals surface area contributed by atoms with Crippen molar-refractivity contribution in [1.29, 1.82) is 0 Å². The molecule has 21 nitrogen and oxygen atoms in total. The van der Waals surface area contributed by atoms with Crippen LogP contribution < -0.4 is 0 Å². The van der Waals surface area contributed by atoms with Gasteiger partial charge < -0.3 is 70.5 Å². The number of carbonyl (C=O) groups excluding carboxylic acids is 3. The van der Waals surface area contributed by atoms with Gasteiger partial charge >= 0.3 is 17.9 Å². The molecule has 0 saturated carbocycles. The van der Waals surface area contributed by atoms with Crippen molar-refractivity contribution in [1.82, 2.24) is 0 Å². The van der Waals surface area contributed by atoms with Crippen LogP contribution in [-0.4, -0.2) is 179 Å². The molecule has 2 N–H and O–H groups in total. The molecular formula is C78H137N3O18Si4. The number of rotatable bonds is 14. The van der Waals surface area contributed by atoms with Crippen molar-refractivity contribution in [3.05, 3.63) is 95.5 Å². The highest BCUT2D eigenvalue weighted by Gasteiger charge is 2.58. The molecule has 4 aliphatic rings. The molecule has 25 heteroatoms. The minimum atomic E-state index is -2.78. The summed E-state index contributed by atoms with van der Waals surface area (Å²) in [6, 6.07) is -1.09. The van der Waals surface area contributed by atoms with Crippen molar-refractivity contribution in [3.63, 3.8) is 0 Å². The molecule has 0 aromatic rings. The predicted molar refractivity (Wildman–Crippen MR) is 417 cm³/mol. The molecule has 588 valence electrons. The topological polar surface area (TPSA) is 260 Å². The zero-order valence-electron chi connectivity index (χ0n) is 68.4. The number of allylic oxidation sites excluding steroid dienone is 12. The second kappa shape index (κ2) is 38.1. The Kier molecular flexibility index (Phi) is 33.9. The van der Waals surface area contributed by atoms with Gasteiger partial charge in [0.15, 0.2) is 57.2 Å². The third-order valence-electron chi connectivity index (χ3n) is 22.7. The minimum absolute atomic E-state index is 0.0170. The average molecular weight is 1520 g/mol. The Morgan fingerprint density at radius 3 is 1.58 bits per heavy atom. The Bertz CT molecular complexity index is 2990. The molecule has 0 aromatic carbocycles.